The van der Waals surface area contributed by atoms with Crippen molar-refractivity contribution >= 4 is 47.0 Å². The fraction of sp³-hybridized carbons (Fsp3) is 1.00. The van der Waals surface area contributed by atoms with E-state index in [4.69, 9.17) is 0 Å². The molecule has 0 amide bonds. The Labute approximate surface area is 107 Å². The summed E-state index contributed by atoms with van der Waals surface area (Å²) in [4.78, 5) is 0. The van der Waals surface area contributed by atoms with E-state index in [1.54, 1.807) is 0 Å². The van der Waals surface area contributed by atoms with Crippen LogP contribution < -0.4 is 0 Å². The zero-order valence-electron chi connectivity index (χ0n) is 9.29. The zero-order valence-corrected chi connectivity index (χ0v) is 12.6. The number of rotatable bonds is 11. The first-order chi connectivity index (χ1) is 6.91. The van der Waals surface area contributed by atoms with Gasteiger partial charge in [0.05, 0.1) is 0 Å². The van der Waals surface area contributed by atoms with Crippen LogP contribution in [-0.4, -0.2) is 46.0 Å². The van der Waals surface area contributed by atoms with Crippen molar-refractivity contribution in [1.29, 1.82) is 0 Å². The van der Waals surface area contributed by atoms with Crippen molar-refractivity contribution in [2.75, 3.05) is 46.0 Å². The van der Waals surface area contributed by atoms with Gasteiger partial charge in [0, 0.05) is 34.5 Å². The molecule has 0 aromatic carbocycles. The lowest BCUT2D eigenvalue weighted by Gasteiger charge is -2.01. The van der Waals surface area contributed by atoms with Crippen molar-refractivity contribution in [1.82, 2.24) is 0 Å². The van der Waals surface area contributed by atoms with Crippen LogP contribution in [0, 0.1) is 0 Å². The summed E-state index contributed by atoms with van der Waals surface area (Å²) < 4.78 is 0. The molecule has 0 spiro atoms. The molecule has 0 fully saturated rings. The van der Waals surface area contributed by atoms with Gasteiger partial charge in [0.25, 0.3) is 0 Å². The Balaban J connectivity index is 2.78. The van der Waals surface area contributed by atoms with Gasteiger partial charge in [0.2, 0.25) is 0 Å². The highest BCUT2D eigenvalue weighted by Gasteiger charge is 1.91. The Morgan fingerprint density at radius 3 is 1.07 bits per heavy atom. The Bertz CT molecular complexity index is 86.1. The minimum absolute atomic E-state index is 1.27. The molecule has 4 heteroatoms. The summed E-state index contributed by atoms with van der Waals surface area (Å²) in [5.41, 5.74) is 0. The van der Waals surface area contributed by atoms with E-state index in [2.05, 4.69) is 60.9 Å². The smallest absolute Gasteiger partial charge is 0.00238 e. The molecule has 0 bridgehead atoms. The van der Waals surface area contributed by atoms with Crippen LogP contribution in [0.15, 0.2) is 0 Å². The van der Waals surface area contributed by atoms with Crippen molar-refractivity contribution in [3.05, 3.63) is 0 Å². The Morgan fingerprint density at radius 2 is 0.786 bits per heavy atom. The first-order valence-corrected chi connectivity index (χ1v) is 9.84. The van der Waals surface area contributed by atoms with Crippen molar-refractivity contribution in [3.63, 3.8) is 0 Å². The summed E-state index contributed by atoms with van der Waals surface area (Å²) >= 11 is 8.32. The summed E-state index contributed by atoms with van der Waals surface area (Å²) in [7, 11) is 0. The molecule has 0 aromatic rings. The van der Waals surface area contributed by atoms with Gasteiger partial charge in [-0.25, -0.2) is 0 Å². The highest BCUT2D eigenvalue weighted by Crippen LogP contribution is 2.11. The molecule has 0 N–H and O–H groups in total. The van der Waals surface area contributed by atoms with Crippen molar-refractivity contribution in [2.45, 2.75) is 13.8 Å². The van der Waals surface area contributed by atoms with Gasteiger partial charge in [-0.2, -0.15) is 47.0 Å². The molecule has 0 aromatic heterocycles. The second-order valence-electron chi connectivity index (χ2n) is 2.62. The lowest BCUT2D eigenvalue weighted by Crippen LogP contribution is -1.92. The largest absolute Gasteiger partial charge is 0.161 e. The van der Waals surface area contributed by atoms with Gasteiger partial charge in [-0.15, -0.1) is 0 Å². The standard InChI is InChI=1S/C10H22S4/c1-3-11-5-7-13-9-10-14-8-6-12-4-2/h3-10H2,1-2H3. The van der Waals surface area contributed by atoms with E-state index in [1.165, 1.54) is 46.0 Å². The lowest BCUT2D eigenvalue weighted by atomic mass is 10.9. The van der Waals surface area contributed by atoms with Crippen LogP contribution in [0.4, 0.5) is 0 Å². The zero-order chi connectivity index (χ0) is 10.5. The third-order valence-electron chi connectivity index (χ3n) is 1.52. The highest BCUT2D eigenvalue weighted by molar-refractivity contribution is 8.05. The first kappa shape index (κ1) is 15.4. The predicted molar refractivity (Wildman–Crippen MR) is 80.6 cm³/mol. The average molecular weight is 271 g/mol. The van der Waals surface area contributed by atoms with Gasteiger partial charge in [-0.05, 0) is 11.5 Å². The molecular weight excluding hydrogens is 248 g/mol. The monoisotopic (exact) mass is 270 g/mol. The van der Waals surface area contributed by atoms with Crippen LogP contribution in [0.2, 0.25) is 0 Å². The average Bonchev–Trinajstić information content (AvgIpc) is 2.21. The van der Waals surface area contributed by atoms with Gasteiger partial charge in [0.15, 0.2) is 0 Å². The SMILES string of the molecule is CCSCCSCCSCCSCC. The van der Waals surface area contributed by atoms with Crippen LogP contribution in [0.25, 0.3) is 0 Å². The number of thioether (sulfide) groups is 4. The fourth-order valence-electron chi connectivity index (χ4n) is 0.846. The molecule has 14 heavy (non-hydrogen) atoms. The Kier molecular flexibility index (Phi) is 15.8. The molecule has 0 saturated heterocycles. The quantitative estimate of drug-likeness (QED) is 0.521. The molecule has 0 atom stereocenters. The molecule has 86 valence electrons. The van der Waals surface area contributed by atoms with Crippen molar-refractivity contribution < 1.29 is 0 Å². The Hall–Kier alpha value is 1.40. The molecule has 0 unspecified atom stereocenters. The summed E-state index contributed by atoms with van der Waals surface area (Å²) in [5.74, 6) is 10.5. The van der Waals surface area contributed by atoms with E-state index >= 15 is 0 Å². The normalized spacial score (nSPS) is 10.7. The van der Waals surface area contributed by atoms with Crippen LogP contribution in [-0.2, 0) is 0 Å². The van der Waals surface area contributed by atoms with Crippen LogP contribution >= 0.6 is 47.0 Å². The third-order valence-corrected chi connectivity index (χ3v) is 6.07. The summed E-state index contributed by atoms with van der Waals surface area (Å²) in [6.45, 7) is 4.47. The van der Waals surface area contributed by atoms with E-state index in [-0.39, 0.29) is 0 Å². The topological polar surface area (TPSA) is 0 Å². The van der Waals surface area contributed by atoms with E-state index in [9.17, 15) is 0 Å². The van der Waals surface area contributed by atoms with E-state index in [0.29, 0.717) is 0 Å². The van der Waals surface area contributed by atoms with Crippen LogP contribution in [0.3, 0.4) is 0 Å². The maximum atomic E-state index is 2.23. The summed E-state index contributed by atoms with van der Waals surface area (Å²) in [5, 5.41) is 0. The number of hydrogen-bond donors (Lipinski definition) is 0. The second-order valence-corrected chi connectivity index (χ2v) is 7.86. The van der Waals surface area contributed by atoms with Crippen molar-refractivity contribution in [2.24, 2.45) is 0 Å². The van der Waals surface area contributed by atoms with E-state index in [0.717, 1.165) is 0 Å². The van der Waals surface area contributed by atoms with E-state index < -0.39 is 0 Å². The van der Waals surface area contributed by atoms with Gasteiger partial charge >= 0.3 is 0 Å². The lowest BCUT2D eigenvalue weighted by molar-refractivity contribution is 1.44. The van der Waals surface area contributed by atoms with Gasteiger partial charge < -0.3 is 0 Å². The molecule has 0 rings (SSSR count). The summed E-state index contributed by atoms with van der Waals surface area (Å²) in [6, 6.07) is 0. The maximum absolute atomic E-state index is 2.23. The maximum Gasteiger partial charge on any atom is 0.00238 e. The van der Waals surface area contributed by atoms with E-state index in [1.807, 2.05) is 0 Å². The van der Waals surface area contributed by atoms with Gasteiger partial charge in [-0.1, -0.05) is 13.8 Å². The molecule has 0 aliphatic heterocycles. The predicted octanol–water partition coefficient (Wildman–Crippen LogP) is 3.96. The second kappa shape index (κ2) is 14.4. The molecule has 0 saturated carbocycles. The first-order valence-electron chi connectivity index (χ1n) is 5.22. The van der Waals surface area contributed by atoms with Crippen LogP contribution in [0.1, 0.15) is 13.8 Å². The van der Waals surface area contributed by atoms with Gasteiger partial charge in [-0.3, -0.25) is 0 Å². The molecule has 0 heterocycles. The molecular formula is C10H22S4. The van der Waals surface area contributed by atoms with Crippen molar-refractivity contribution in [3.8, 4) is 0 Å². The minimum Gasteiger partial charge on any atom is -0.161 e. The molecule has 0 radical (unpaired) electrons. The number of hydrogen-bond acceptors (Lipinski definition) is 4. The van der Waals surface area contributed by atoms with Crippen LogP contribution in [0.5, 0.6) is 0 Å². The summed E-state index contributed by atoms with van der Waals surface area (Å²) in [6.07, 6.45) is 0. The van der Waals surface area contributed by atoms with Gasteiger partial charge in [0.1, 0.15) is 0 Å². The highest BCUT2D eigenvalue weighted by atomic mass is 32.2. The molecule has 0 nitrogen and oxygen atoms in total. The minimum atomic E-state index is 1.27. The molecule has 0 aliphatic rings. The third kappa shape index (κ3) is 13.4. The molecule has 0 aliphatic carbocycles. The fourth-order valence-corrected chi connectivity index (χ4v) is 4.66. The Morgan fingerprint density at radius 1 is 0.500 bits per heavy atom.